The minimum Gasteiger partial charge on any atom is -0.483 e. The third-order valence-corrected chi connectivity index (χ3v) is 5.57. The van der Waals surface area contributed by atoms with Crippen molar-refractivity contribution in [1.29, 1.82) is 0 Å². The number of hydrogen-bond acceptors (Lipinski definition) is 4. The molecule has 0 radical (unpaired) electrons. The molecule has 176 valence electrons. The Kier molecular flexibility index (Phi) is 7.74. The fraction of sp³-hybridized carbons (Fsp3) is 0.423. The number of carbonyl (C=O) groups excluding carboxylic acids is 2. The summed E-state index contributed by atoms with van der Waals surface area (Å²) in [5, 5.41) is 2.88. The lowest BCUT2D eigenvalue weighted by Gasteiger charge is -2.31. The molecule has 1 heterocycles. The molecule has 2 aromatic carbocycles. The summed E-state index contributed by atoms with van der Waals surface area (Å²) >= 11 is 0. The molecule has 0 aliphatic rings. The van der Waals surface area contributed by atoms with Gasteiger partial charge >= 0.3 is 0 Å². The highest BCUT2D eigenvalue weighted by Crippen LogP contribution is 2.19. The van der Waals surface area contributed by atoms with Crippen LogP contribution in [0.3, 0.4) is 0 Å². The van der Waals surface area contributed by atoms with Crippen LogP contribution in [-0.2, 0) is 22.7 Å². The first kappa shape index (κ1) is 24.3. The lowest BCUT2D eigenvalue weighted by atomic mass is 10.1. The first-order valence-electron chi connectivity index (χ1n) is 11.4. The molecule has 0 aliphatic heterocycles. The van der Waals surface area contributed by atoms with Crippen LogP contribution in [0.5, 0.6) is 5.75 Å². The highest BCUT2D eigenvalue weighted by molar-refractivity contribution is 5.82. The van der Waals surface area contributed by atoms with Gasteiger partial charge in [0.15, 0.2) is 6.61 Å². The summed E-state index contributed by atoms with van der Waals surface area (Å²) in [5.41, 5.74) is 3.72. The summed E-state index contributed by atoms with van der Waals surface area (Å²) in [7, 11) is 0. The first-order chi connectivity index (χ1) is 15.7. The number of imidazole rings is 1. The molecule has 1 N–H and O–H groups in total. The molecule has 1 aromatic heterocycles. The van der Waals surface area contributed by atoms with Crippen LogP contribution in [0.2, 0.25) is 0 Å². The molecule has 3 rings (SSSR count). The maximum absolute atomic E-state index is 13.1. The van der Waals surface area contributed by atoms with Crippen molar-refractivity contribution in [3.8, 4) is 5.75 Å². The maximum Gasteiger partial charge on any atom is 0.258 e. The van der Waals surface area contributed by atoms with Gasteiger partial charge in [0, 0.05) is 12.1 Å². The zero-order valence-corrected chi connectivity index (χ0v) is 20.4. The van der Waals surface area contributed by atoms with Gasteiger partial charge in [-0.25, -0.2) is 4.98 Å². The molecule has 7 nitrogen and oxygen atoms in total. The number of ether oxygens (including phenoxy) is 1. The second kappa shape index (κ2) is 10.5. The number of fused-ring (bicyclic) bond motifs is 1. The zero-order valence-electron chi connectivity index (χ0n) is 20.4. The van der Waals surface area contributed by atoms with E-state index in [4.69, 9.17) is 4.74 Å². The predicted molar refractivity (Wildman–Crippen MR) is 130 cm³/mol. The van der Waals surface area contributed by atoms with Crippen molar-refractivity contribution in [3.63, 3.8) is 0 Å². The number of aryl methyl sites for hydroxylation is 2. The second-order valence-corrected chi connectivity index (χ2v) is 8.93. The second-order valence-electron chi connectivity index (χ2n) is 8.93. The zero-order chi connectivity index (χ0) is 24.1. The van der Waals surface area contributed by atoms with Crippen molar-refractivity contribution in [2.45, 2.75) is 66.7 Å². The van der Waals surface area contributed by atoms with Crippen molar-refractivity contribution in [3.05, 3.63) is 59.4 Å². The van der Waals surface area contributed by atoms with E-state index in [9.17, 15) is 9.59 Å². The number of nitrogens with zero attached hydrogens (tertiary/aromatic N) is 3. The summed E-state index contributed by atoms with van der Waals surface area (Å²) in [6, 6.07) is 13.8. The topological polar surface area (TPSA) is 76.5 Å². The normalized spacial score (nSPS) is 11.3. The molecule has 0 unspecified atom stereocenters. The number of benzene rings is 2. The molecule has 7 heteroatoms. The summed E-state index contributed by atoms with van der Waals surface area (Å²) < 4.78 is 7.60. The summed E-state index contributed by atoms with van der Waals surface area (Å²) in [5.74, 6) is 1.11. The number of para-hydroxylation sites is 2. The van der Waals surface area contributed by atoms with Crippen LogP contribution < -0.4 is 10.1 Å². The third kappa shape index (κ3) is 5.92. The van der Waals surface area contributed by atoms with Crippen LogP contribution in [0, 0.1) is 13.8 Å². The molecule has 3 aromatic rings. The number of carbonyl (C=O) groups is 2. The summed E-state index contributed by atoms with van der Waals surface area (Å²) in [4.78, 5) is 32.1. The van der Waals surface area contributed by atoms with Crippen molar-refractivity contribution < 1.29 is 14.3 Å². The van der Waals surface area contributed by atoms with Crippen molar-refractivity contribution >= 4 is 22.8 Å². The van der Waals surface area contributed by atoms with Gasteiger partial charge in [0.05, 0.1) is 17.6 Å². The van der Waals surface area contributed by atoms with Crippen LogP contribution >= 0.6 is 0 Å². The Labute approximate surface area is 195 Å². The SMILES string of the molecule is Cc1ccc(C)c(OCC(=O)NCc2nc3ccccc3n2CC(=O)N(C(C)C)C(C)C)c1. The summed E-state index contributed by atoms with van der Waals surface area (Å²) in [6.45, 7) is 12.3. The molecule has 0 saturated heterocycles. The Bertz CT molecular complexity index is 1130. The van der Waals surface area contributed by atoms with E-state index in [0.717, 1.165) is 22.2 Å². The Morgan fingerprint density at radius 1 is 1.06 bits per heavy atom. The van der Waals surface area contributed by atoms with E-state index in [2.05, 4.69) is 10.3 Å². The summed E-state index contributed by atoms with van der Waals surface area (Å²) in [6.07, 6.45) is 0. The number of rotatable bonds is 9. The molecule has 0 bridgehead atoms. The Morgan fingerprint density at radius 3 is 2.45 bits per heavy atom. The van der Waals surface area contributed by atoms with E-state index >= 15 is 0 Å². The molecule has 0 aliphatic carbocycles. The minimum absolute atomic E-state index is 0.0222. The van der Waals surface area contributed by atoms with Crippen LogP contribution in [0.25, 0.3) is 11.0 Å². The number of nitrogens with one attached hydrogen (secondary N) is 1. The Morgan fingerprint density at radius 2 is 1.76 bits per heavy atom. The van der Waals surface area contributed by atoms with Crippen molar-refractivity contribution in [1.82, 2.24) is 19.8 Å². The van der Waals surface area contributed by atoms with Gasteiger partial charge in [0.25, 0.3) is 5.91 Å². The van der Waals surface area contributed by atoms with E-state index < -0.39 is 0 Å². The van der Waals surface area contributed by atoms with Crippen LogP contribution in [-0.4, -0.2) is 45.0 Å². The highest BCUT2D eigenvalue weighted by atomic mass is 16.5. The fourth-order valence-corrected chi connectivity index (χ4v) is 4.06. The lowest BCUT2D eigenvalue weighted by molar-refractivity contribution is -0.135. The molecular weight excluding hydrogens is 416 g/mol. The number of aromatic nitrogens is 2. The number of amides is 2. The molecule has 2 amide bonds. The molecular formula is C26H34N4O3. The molecule has 0 spiro atoms. The van der Waals surface area contributed by atoms with Gasteiger partial charge in [-0.1, -0.05) is 24.3 Å². The molecule has 0 atom stereocenters. The monoisotopic (exact) mass is 450 g/mol. The Balaban J connectivity index is 1.73. The minimum atomic E-state index is -0.244. The average molecular weight is 451 g/mol. The third-order valence-electron chi connectivity index (χ3n) is 5.57. The first-order valence-corrected chi connectivity index (χ1v) is 11.4. The lowest BCUT2D eigenvalue weighted by Crippen LogP contribution is -2.44. The Hall–Kier alpha value is -3.35. The molecule has 0 saturated carbocycles. The van der Waals surface area contributed by atoms with Gasteiger partial charge in [-0.05, 0) is 70.9 Å². The molecule has 0 fully saturated rings. The number of hydrogen-bond donors (Lipinski definition) is 1. The predicted octanol–water partition coefficient (Wildman–Crippen LogP) is 3.99. The van der Waals surface area contributed by atoms with E-state index in [1.54, 1.807) is 0 Å². The van der Waals surface area contributed by atoms with Crippen molar-refractivity contribution in [2.75, 3.05) is 6.61 Å². The van der Waals surface area contributed by atoms with E-state index in [-0.39, 0.29) is 43.6 Å². The van der Waals surface area contributed by atoms with Crippen LogP contribution in [0.1, 0.15) is 44.6 Å². The van der Waals surface area contributed by atoms with Gasteiger partial charge in [-0.3, -0.25) is 9.59 Å². The molecule has 33 heavy (non-hydrogen) atoms. The van der Waals surface area contributed by atoms with Crippen molar-refractivity contribution in [2.24, 2.45) is 0 Å². The standard InChI is InChI=1S/C26H34N4O3/c1-17(2)30(18(3)4)26(32)15-29-22-10-8-7-9-21(22)28-24(29)14-27-25(31)16-33-23-13-19(5)11-12-20(23)6/h7-13,17-18H,14-16H2,1-6H3,(H,27,31). The smallest absolute Gasteiger partial charge is 0.258 e. The van der Waals surface area contributed by atoms with E-state index in [0.29, 0.717) is 11.6 Å². The van der Waals surface area contributed by atoms with Gasteiger partial charge < -0.3 is 19.5 Å². The largest absolute Gasteiger partial charge is 0.483 e. The quantitative estimate of drug-likeness (QED) is 0.535. The van der Waals surface area contributed by atoms with E-state index in [1.807, 2.05) is 93.5 Å². The highest BCUT2D eigenvalue weighted by Gasteiger charge is 2.22. The van der Waals surface area contributed by atoms with Crippen LogP contribution in [0.4, 0.5) is 0 Å². The fourth-order valence-electron chi connectivity index (χ4n) is 4.06. The van der Waals surface area contributed by atoms with Gasteiger partial charge in [0.2, 0.25) is 5.91 Å². The van der Waals surface area contributed by atoms with Gasteiger partial charge in [-0.15, -0.1) is 0 Å². The van der Waals surface area contributed by atoms with Gasteiger partial charge in [0.1, 0.15) is 18.1 Å². The average Bonchev–Trinajstić information content (AvgIpc) is 3.09. The van der Waals surface area contributed by atoms with E-state index in [1.165, 1.54) is 0 Å². The maximum atomic E-state index is 13.1. The van der Waals surface area contributed by atoms with Crippen LogP contribution in [0.15, 0.2) is 42.5 Å². The van der Waals surface area contributed by atoms with Gasteiger partial charge in [-0.2, -0.15) is 0 Å².